The Morgan fingerprint density at radius 2 is 2.00 bits per heavy atom. The average Bonchev–Trinajstić information content (AvgIpc) is 2.94. The molecule has 0 aliphatic heterocycles. The van der Waals surface area contributed by atoms with E-state index in [0.717, 1.165) is 23.4 Å². The summed E-state index contributed by atoms with van der Waals surface area (Å²) in [6.45, 7) is 2.43. The molecule has 0 aliphatic rings. The Morgan fingerprint density at radius 3 is 2.62 bits per heavy atom. The summed E-state index contributed by atoms with van der Waals surface area (Å²) in [6.07, 6.45) is 3.48. The van der Waals surface area contributed by atoms with Crippen LogP contribution in [-0.2, 0) is 13.0 Å². The van der Waals surface area contributed by atoms with Gasteiger partial charge in [0.05, 0.1) is 16.8 Å². The number of benzene rings is 1. The van der Waals surface area contributed by atoms with E-state index < -0.39 is 5.97 Å². The number of aryl methyl sites for hydroxylation is 1. The zero-order chi connectivity index (χ0) is 15.2. The minimum Gasteiger partial charge on any atom is -0.478 e. The van der Waals surface area contributed by atoms with E-state index in [9.17, 15) is 9.59 Å². The van der Waals surface area contributed by atoms with E-state index in [1.807, 2.05) is 0 Å². The number of carboxylic acids is 1. The summed E-state index contributed by atoms with van der Waals surface area (Å²) in [5.74, 6) is -1.11. The van der Waals surface area contributed by atoms with Crippen LogP contribution in [0.3, 0.4) is 0 Å². The number of carboxylic acid groups (broad SMARTS) is 1. The quantitative estimate of drug-likeness (QED) is 0.860. The first-order valence-corrected chi connectivity index (χ1v) is 7.47. The fourth-order valence-electron chi connectivity index (χ4n) is 1.78. The molecule has 0 spiro atoms. The lowest BCUT2D eigenvalue weighted by Gasteiger charge is -2.04. The van der Waals surface area contributed by atoms with Gasteiger partial charge in [-0.15, -0.1) is 11.3 Å². The monoisotopic (exact) mass is 304 g/mol. The zero-order valence-electron chi connectivity index (χ0n) is 11.6. The molecule has 0 atom stereocenters. The number of aromatic nitrogens is 1. The maximum atomic E-state index is 12.0. The molecule has 5 nitrogen and oxygen atoms in total. The minimum absolute atomic E-state index is 0.155. The minimum atomic E-state index is -0.960. The summed E-state index contributed by atoms with van der Waals surface area (Å²) in [7, 11) is 0. The molecule has 1 aromatic carbocycles. The van der Waals surface area contributed by atoms with E-state index in [1.54, 1.807) is 18.3 Å². The third kappa shape index (κ3) is 4.13. The van der Waals surface area contributed by atoms with Gasteiger partial charge in [0.15, 0.2) is 0 Å². The Labute approximate surface area is 126 Å². The fraction of sp³-hybridized carbons (Fsp3) is 0.267. The van der Waals surface area contributed by atoms with Gasteiger partial charge >= 0.3 is 5.97 Å². The van der Waals surface area contributed by atoms with E-state index >= 15 is 0 Å². The maximum absolute atomic E-state index is 12.0. The highest BCUT2D eigenvalue weighted by Crippen LogP contribution is 2.14. The molecule has 2 N–H and O–H groups in total. The largest absolute Gasteiger partial charge is 0.478 e. The number of aromatic carboxylic acids is 1. The molecule has 0 saturated heterocycles. The van der Waals surface area contributed by atoms with Crippen LogP contribution in [0.2, 0.25) is 0 Å². The molecule has 0 bridgehead atoms. The first-order valence-electron chi connectivity index (χ1n) is 6.65. The second-order valence-electron chi connectivity index (χ2n) is 4.55. The third-order valence-electron chi connectivity index (χ3n) is 2.90. The molecule has 1 heterocycles. The second-order valence-corrected chi connectivity index (χ2v) is 5.67. The summed E-state index contributed by atoms with van der Waals surface area (Å²) >= 11 is 1.41. The number of carbonyl (C=O) groups is 2. The fourth-order valence-corrected chi connectivity index (χ4v) is 2.72. The number of carbonyl (C=O) groups excluding carboxylic acids is 1. The predicted molar refractivity (Wildman–Crippen MR) is 80.7 cm³/mol. The lowest BCUT2D eigenvalue weighted by atomic mass is 10.1. The van der Waals surface area contributed by atoms with Crippen LogP contribution in [0.5, 0.6) is 0 Å². The highest BCUT2D eigenvalue weighted by atomic mass is 32.1. The molecule has 0 unspecified atom stereocenters. The van der Waals surface area contributed by atoms with Gasteiger partial charge in [-0.1, -0.05) is 19.1 Å². The Balaban J connectivity index is 1.92. The van der Waals surface area contributed by atoms with Gasteiger partial charge in [-0.05, 0) is 30.5 Å². The first kappa shape index (κ1) is 15.2. The normalized spacial score (nSPS) is 10.3. The molecule has 2 rings (SSSR count). The van der Waals surface area contributed by atoms with Gasteiger partial charge in [0.1, 0.15) is 4.88 Å². The van der Waals surface area contributed by atoms with Gasteiger partial charge in [-0.3, -0.25) is 4.79 Å². The lowest BCUT2D eigenvalue weighted by molar-refractivity contribution is 0.0696. The standard InChI is InChI=1S/C15H16N2O3S/c1-2-3-13-16-9-12(21-13)14(18)17-8-10-4-6-11(7-5-10)15(19)20/h4-7,9H,2-3,8H2,1H3,(H,17,18)(H,19,20). The van der Waals surface area contributed by atoms with Crippen molar-refractivity contribution in [3.8, 4) is 0 Å². The van der Waals surface area contributed by atoms with Gasteiger partial charge in [-0.2, -0.15) is 0 Å². The number of hydrogen-bond donors (Lipinski definition) is 2. The molecule has 1 amide bonds. The number of nitrogens with one attached hydrogen (secondary N) is 1. The molecule has 0 radical (unpaired) electrons. The van der Waals surface area contributed by atoms with Crippen molar-refractivity contribution in [3.05, 3.63) is 51.5 Å². The highest BCUT2D eigenvalue weighted by molar-refractivity contribution is 7.13. The molecule has 2 aromatic rings. The Hall–Kier alpha value is -2.21. The SMILES string of the molecule is CCCc1ncc(C(=O)NCc2ccc(C(=O)O)cc2)s1. The number of rotatable bonds is 6. The molecule has 0 fully saturated rings. The predicted octanol–water partition coefficient (Wildman–Crippen LogP) is 2.72. The molecule has 110 valence electrons. The highest BCUT2D eigenvalue weighted by Gasteiger charge is 2.10. The number of thiazole rings is 1. The average molecular weight is 304 g/mol. The van der Waals surface area contributed by atoms with E-state index in [-0.39, 0.29) is 11.5 Å². The molecule has 0 aliphatic carbocycles. The van der Waals surface area contributed by atoms with Crippen LogP contribution in [0.15, 0.2) is 30.5 Å². The summed E-state index contributed by atoms with van der Waals surface area (Å²) in [4.78, 5) is 27.5. The van der Waals surface area contributed by atoms with E-state index in [2.05, 4.69) is 17.2 Å². The van der Waals surface area contributed by atoms with Crippen molar-refractivity contribution in [2.75, 3.05) is 0 Å². The number of amides is 1. The smallest absolute Gasteiger partial charge is 0.335 e. The number of hydrogen-bond acceptors (Lipinski definition) is 4. The van der Waals surface area contributed by atoms with Crippen molar-refractivity contribution in [3.63, 3.8) is 0 Å². The van der Waals surface area contributed by atoms with E-state index in [1.165, 1.54) is 23.5 Å². The van der Waals surface area contributed by atoms with Crippen molar-refractivity contribution < 1.29 is 14.7 Å². The molecule has 6 heteroatoms. The van der Waals surface area contributed by atoms with E-state index in [4.69, 9.17) is 5.11 Å². The van der Waals surface area contributed by atoms with Crippen LogP contribution in [-0.4, -0.2) is 22.0 Å². The molecule has 21 heavy (non-hydrogen) atoms. The maximum Gasteiger partial charge on any atom is 0.335 e. The Kier molecular flexibility index (Phi) is 5.05. The third-order valence-corrected chi connectivity index (χ3v) is 3.95. The zero-order valence-corrected chi connectivity index (χ0v) is 12.4. The van der Waals surface area contributed by atoms with E-state index in [0.29, 0.717) is 11.4 Å². The topological polar surface area (TPSA) is 79.3 Å². The van der Waals surface area contributed by atoms with Crippen LogP contribution in [0.1, 0.15) is 43.9 Å². The van der Waals surface area contributed by atoms with Crippen molar-refractivity contribution in [2.45, 2.75) is 26.3 Å². The summed E-state index contributed by atoms with van der Waals surface area (Å²) < 4.78 is 0. The first-order chi connectivity index (χ1) is 10.1. The number of nitrogens with zero attached hydrogens (tertiary/aromatic N) is 1. The Bertz CT molecular complexity index is 635. The van der Waals surface area contributed by atoms with Crippen molar-refractivity contribution in [1.29, 1.82) is 0 Å². The van der Waals surface area contributed by atoms with Gasteiger partial charge in [0.2, 0.25) is 0 Å². The van der Waals surface area contributed by atoms with Crippen LogP contribution in [0.4, 0.5) is 0 Å². The van der Waals surface area contributed by atoms with Crippen molar-refractivity contribution in [2.24, 2.45) is 0 Å². The molecule has 1 aromatic heterocycles. The van der Waals surface area contributed by atoms with Gasteiger partial charge in [-0.25, -0.2) is 9.78 Å². The van der Waals surface area contributed by atoms with Crippen LogP contribution < -0.4 is 5.32 Å². The van der Waals surface area contributed by atoms with Crippen LogP contribution in [0.25, 0.3) is 0 Å². The van der Waals surface area contributed by atoms with Crippen LogP contribution in [0, 0.1) is 0 Å². The van der Waals surface area contributed by atoms with Crippen molar-refractivity contribution in [1.82, 2.24) is 10.3 Å². The molecular weight excluding hydrogens is 288 g/mol. The molecular formula is C15H16N2O3S. The Morgan fingerprint density at radius 1 is 1.29 bits per heavy atom. The van der Waals surface area contributed by atoms with Crippen molar-refractivity contribution >= 4 is 23.2 Å². The van der Waals surface area contributed by atoms with Gasteiger partial charge < -0.3 is 10.4 Å². The van der Waals surface area contributed by atoms with Gasteiger partial charge in [0.25, 0.3) is 5.91 Å². The summed E-state index contributed by atoms with van der Waals surface area (Å²) in [5.41, 5.74) is 1.09. The van der Waals surface area contributed by atoms with Gasteiger partial charge in [0, 0.05) is 6.54 Å². The molecule has 0 saturated carbocycles. The van der Waals surface area contributed by atoms with Crippen LogP contribution >= 0.6 is 11.3 Å². The second kappa shape index (κ2) is 6.99. The summed E-state index contributed by atoms with van der Waals surface area (Å²) in [6, 6.07) is 6.43. The lowest BCUT2D eigenvalue weighted by Crippen LogP contribution is -2.21. The summed E-state index contributed by atoms with van der Waals surface area (Å²) in [5, 5.41) is 12.6.